The van der Waals surface area contributed by atoms with Crippen molar-refractivity contribution in [2.45, 2.75) is 6.10 Å². The highest BCUT2D eigenvalue weighted by Crippen LogP contribution is 2.06. The number of epoxide rings is 1. The van der Waals surface area contributed by atoms with E-state index in [1.54, 1.807) is 0 Å². The Morgan fingerprint density at radius 1 is 2.00 bits per heavy atom. The Balaban J connectivity index is 1.88. The fraction of sp³-hybridized carbons (Fsp3) is 1.00. The van der Waals surface area contributed by atoms with Crippen molar-refractivity contribution in [2.75, 3.05) is 13.2 Å². The highest BCUT2D eigenvalue weighted by molar-refractivity contribution is 5.97. The van der Waals surface area contributed by atoms with Gasteiger partial charge in [0.2, 0.25) is 0 Å². The molecule has 0 saturated carbocycles. The summed E-state index contributed by atoms with van der Waals surface area (Å²) in [4.78, 5) is 0. The normalized spacial score (nSPS) is 30.3. The summed E-state index contributed by atoms with van der Waals surface area (Å²) in [5, 5.41) is 0. The van der Waals surface area contributed by atoms with E-state index < -0.39 is 0 Å². The fourth-order valence-corrected chi connectivity index (χ4v) is 0.486. The molecule has 32 valence electrons. The van der Waals surface area contributed by atoms with E-state index in [0.717, 1.165) is 13.2 Å². The highest BCUT2D eigenvalue weighted by Gasteiger charge is 2.20. The van der Waals surface area contributed by atoms with Crippen LogP contribution >= 0.6 is 0 Å². The van der Waals surface area contributed by atoms with Gasteiger partial charge in [0, 0.05) is 6.61 Å². The largest absolute Gasteiger partial charge is 0.514 e. The van der Waals surface area contributed by atoms with Gasteiger partial charge in [0.05, 0.1) is 6.61 Å². The van der Waals surface area contributed by atoms with E-state index in [-0.39, 0.29) is 0 Å². The maximum Gasteiger partial charge on any atom is 0.369 e. The number of rotatable bonds is 2. The van der Waals surface area contributed by atoms with Crippen LogP contribution in [0.3, 0.4) is 0 Å². The van der Waals surface area contributed by atoms with E-state index in [2.05, 4.69) is 20.4 Å². The SMILES string of the molecule is [Al][O]CC1CO1. The van der Waals surface area contributed by atoms with Crippen LogP contribution in [-0.2, 0) is 8.53 Å². The van der Waals surface area contributed by atoms with Crippen LogP contribution in [-0.4, -0.2) is 35.9 Å². The third kappa shape index (κ3) is 1.27. The van der Waals surface area contributed by atoms with Crippen molar-refractivity contribution in [3.05, 3.63) is 0 Å². The molecule has 1 heterocycles. The molecule has 1 saturated heterocycles. The maximum atomic E-state index is 4.81. The maximum absolute atomic E-state index is 4.81. The third-order valence-electron chi connectivity index (χ3n) is 0.684. The van der Waals surface area contributed by atoms with Gasteiger partial charge in [0.15, 0.2) is 0 Å². The molecule has 0 aliphatic carbocycles. The Morgan fingerprint density at radius 2 is 2.67 bits per heavy atom. The van der Waals surface area contributed by atoms with Crippen LogP contribution in [0.2, 0.25) is 0 Å². The lowest BCUT2D eigenvalue weighted by atomic mass is 10.5. The average Bonchev–Trinajstić information content (AvgIpc) is 2.21. The van der Waals surface area contributed by atoms with Gasteiger partial charge in [0.1, 0.15) is 6.10 Å². The van der Waals surface area contributed by atoms with Gasteiger partial charge in [-0.25, -0.2) is 0 Å². The van der Waals surface area contributed by atoms with Crippen molar-refractivity contribution >= 4 is 16.6 Å². The molecule has 1 rings (SSSR count). The minimum atomic E-state index is 0.405. The van der Waals surface area contributed by atoms with E-state index in [9.17, 15) is 0 Å². The Labute approximate surface area is 45.2 Å². The molecule has 0 N–H and O–H groups in total. The topological polar surface area (TPSA) is 21.8 Å². The molecule has 2 nitrogen and oxygen atoms in total. The second kappa shape index (κ2) is 1.95. The number of hydrogen-bond acceptors (Lipinski definition) is 2. The van der Waals surface area contributed by atoms with E-state index in [4.69, 9.17) is 4.74 Å². The summed E-state index contributed by atoms with van der Waals surface area (Å²) in [5.74, 6) is 0. The Hall–Kier alpha value is 0.452. The summed E-state index contributed by atoms with van der Waals surface area (Å²) in [5.41, 5.74) is 0. The molecule has 2 radical (unpaired) electrons. The molecule has 0 bridgehead atoms. The molecule has 1 unspecified atom stereocenters. The molecular formula is C3H5AlO2. The molecule has 1 fully saturated rings. The van der Waals surface area contributed by atoms with Crippen LogP contribution in [0.15, 0.2) is 0 Å². The van der Waals surface area contributed by atoms with E-state index >= 15 is 0 Å². The van der Waals surface area contributed by atoms with Gasteiger partial charge >= 0.3 is 16.6 Å². The van der Waals surface area contributed by atoms with E-state index in [1.165, 1.54) is 0 Å². The van der Waals surface area contributed by atoms with Crippen molar-refractivity contribution in [1.82, 2.24) is 0 Å². The zero-order chi connectivity index (χ0) is 4.41. The fourth-order valence-electron chi connectivity index (χ4n) is 0.272. The predicted molar refractivity (Wildman–Crippen MR) is 21.4 cm³/mol. The molecule has 0 aromatic carbocycles. The van der Waals surface area contributed by atoms with Crippen molar-refractivity contribution in [3.63, 3.8) is 0 Å². The van der Waals surface area contributed by atoms with Crippen molar-refractivity contribution in [2.24, 2.45) is 0 Å². The van der Waals surface area contributed by atoms with E-state index in [0.29, 0.717) is 6.10 Å². The Kier molecular flexibility index (Phi) is 1.49. The van der Waals surface area contributed by atoms with Crippen LogP contribution in [0, 0.1) is 0 Å². The second-order valence-corrected chi connectivity index (χ2v) is 1.62. The van der Waals surface area contributed by atoms with Gasteiger partial charge in [-0.15, -0.1) is 0 Å². The molecule has 0 amide bonds. The molecule has 0 aromatic rings. The molecule has 1 aliphatic heterocycles. The molecule has 0 aromatic heterocycles. The summed E-state index contributed by atoms with van der Waals surface area (Å²) >= 11 is 2.18. The van der Waals surface area contributed by atoms with Gasteiger partial charge in [-0.2, -0.15) is 0 Å². The quantitative estimate of drug-likeness (QED) is 0.344. The van der Waals surface area contributed by atoms with E-state index in [1.807, 2.05) is 0 Å². The summed E-state index contributed by atoms with van der Waals surface area (Å²) < 4.78 is 9.47. The molecule has 3 heteroatoms. The molecular weight excluding hydrogens is 95.0 g/mol. The van der Waals surface area contributed by atoms with Gasteiger partial charge < -0.3 is 8.53 Å². The van der Waals surface area contributed by atoms with Crippen molar-refractivity contribution in [3.8, 4) is 0 Å². The monoisotopic (exact) mass is 100 g/mol. The summed E-state index contributed by atoms with van der Waals surface area (Å²) in [6.07, 6.45) is 0.405. The third-order valence-corrected chi connectivity index (χ3v) is 0.877. The molecule has 0 spiro atoms. The van der Waals surface area contributed by atoms with Crippen LogP contribution in [0.25, 0.3) is 0 Å². The van der Waals surface area contributed by atoms with Crippen LogP contribution in [0.5, 0.6) is 0 Å². The number of ether oxygens (including phenoxy) is 1. The van der Waals surface area contributed by atoms with Crippen LogP contribution in [0.1, 0.15) is 0 Å². The van der Waals surface area contributed by atoms with Gasteiger partial charge in [-0.1, -0.05) is 0 Å². The zero-order valence-corrected chi connectivity index (χ0v) is 4.54. The Morgan fingerprint density at radius 3 is 2.83 bits per heavy atom. The minimum absolute atomic E-state index is 0.405. The van der Waals surface area contributed by atoms with Gasteiger partial charge in [-0.05, 0) is 0 Å². The first kappa shape index (κ1) is 4.61. The molecule has 1 atom stereocenters. The second-order valence-electron chi connectivity index (χ2n) is 1.29. The average molecular weight is 100 g/mol. The molecule has 6 heavy (non-hydrogen) atoms. The van der Waals surface area contributed by atoms with Crippen LogP contribution < -0.4 is 0 Å². The lowest BCUT2D eigenvalue weighted by Crippen LogP contribution is -1.96. The van der Waals surface area contributed by atoms with Gasteiger partial charge in [-0.3, -0.25) is 0 Å². The van der Waals surface area contributed by atoms with Gasteiger partial charge in [0.25, 0.3) is 0 Å². The first-order valence-electron chi connectivity index (χ1n) is 1.87. The summed E-state index contributed by atoms with van der Waals surface area (Å²) in [6.45, 7) is 1.61. The first-order chi connectivity index (χ1) is 2.93. The Bertz CT molecular complexity index is 44.1. The smallest absolute Gasteiger partial charge is 0.369 e. The van der Waals surface area contributed by atoms with Crippen molar-refractivity contribution < 1.29 is 8.53 Å². The summed E-state index contributed by atoms with van der Waals surface area (Å²) in [7, 11) is 0. The lowest BCUT2D eigenvalue weighted by Gasteiger charge is -1.87. The highest BCUT2D eigenvalue weighted by atomic mass is 27.1. The minimum Gasteiger partial charge on any atom is -0.514 e. The lowest BCUT2D eigenvalue weighted by molar-refractivity contribution is 0.281. The molecule has 1 aliphatic rings. The zero-order valence-electron chi connectivity index (χ0n) is 3.39. The van der Waals surface area contributed by atoms with Crippen molar-refractivity contribution in [1.29, 1.82) is 0 Å². The van der Waals surface area contributed by atoms with Crippen LogP contribution in [0.4, 0.5) is 0 Å². The standard InChI is InChI=1S/C3H5O2.Al/c4-1-3-2-5-3;/h3H,1-2H2;/q-1;+1. The number of hydrogen-bond donors (Lipinski definition) is 0. The predicted octanol–water partition coefficient (Wildman–Crippen LogP) is -0.515. The first-order valence-corrected chi connectivity index (χ1v) is 2.34. The summed E-state index contributed by atoms with van der Waals surface area (Å²) in [6, 6.07) is 0.